The average Bonchev–Trinajstić information content (AvgIpc) is 2.67. The van der Waals surface area contributed by atoms with Crippen LogP contribution in [0.25, 0.3) is 0 Å². The van der Waals surface area contributed by atoms with Gasteiger partial charge in [0.05, 0.1) is 0 Å². The Labute approximate surface area is 89.6 Å². The average molecular weight is 202 g/mol. The molecular formula is C11H14N4. The molecule has 0 aliphatic rings. The van der Waals surface area contributed by atoms with Crippen molar-refractivity contribution in [3.05, 3.63) is 17.2 Å². The molecule has 1 N–H and O–H groups in total. The number of hydrogen-bond acceptors (Lipinski definition) is 3. The van der Waals surface area contributed by atoms with Crippen LogP contribution < -0.4 is 0 Å². The van der Waals surface area contributed by atoms with E-state index in [1.54, 1.807) is 0 Å². The minimum Gasteiger partial charge on any atom is -0.333 e. The van der Waals surface area contributed by atoms with Crippen LogP contribution in [0.2, 0.25) is 0 Å². The van der Waals surface area contributed by atoms with Gasteiger partial charge in [-0.05, 0) is 6.42 Å². The van der Waals surface area contributed by atoms with Crippen molar-refractivity contribution in [2.24, 2.45) is 0 Å². The Kier molecular flexibility index (Phi) is 4.37. The van der Waals surface area contributed by atoms with Crippen molar-refractivity contribution in [1.29, 1.82) is 10.5 Å². The Morgan fingerprint density at radius 2 is 2.00 bits per heavy atom. The first-order chi connectivity index (χ1) is 7.31. The summed E-state index contributed by atoms with van der Waals surface area (Å²) in [4.78, 5) is 6.92. The van der Waals surface area contributed by atoms with Gasteiger partial charge in [0.1, 0.15) is 18.0 Å². The van der Waals surface area contributed by atoms with E-state index in [1.807, 2.05) is 12.1 Å². The molecule has 0 bridgehead atoms. The Morgan fingerprint density at radius 1 is 1.20 bits per heavy atom. The molecule has 0 saturated heterocycles. The molecule has 0 saturated carbocycles. The van der Waals surface area contributed by atoms with Crippen molar-refractivity contribution in [3.63, 3.8) is 0 Å². The molecule has 78 valence electrons. The Morgan fingerprint density at radius 3 is 2.53 bits per heavy atom. The highest BCUT2D eigenvalue weighted by Gasteiger charge is 2.08. The fourth-order valence-electron chi connectivity index (χ4n) is 1.42. The third kappa shape index (κ3) is 3.11. The lowest BCUT2D eigenvalue weighted by atomic mass is 10.1. The molecule has 0 aliphatic heterocycles. The molecular weight excluding hydrogens is 188 g/mol. The highest BCUT2D eigenvalue weighted by molar-refractivity contribution is 5.36. The van der Waals surface area contributed by atoms with Gasteiger partial charge in [0, 0.05) is 6.42 Å². The van der Waals surface area contributed by atoms with E-state index in [0.717, 1.165) is 18.7 Å². The van der Waals surface area contributed by atoms with Gasteiger partial charge in [0.2, 0.25) is 0 Å². The molecule has 1 aromatic heterocycles. The molecule has 0 atom stereocenters. The van der Waals surface area contributed by atoms with Gasteiger partial charge in [-0.15, -0.1) is 0 Å². The zero-order valence-corrected chi connectivity index (χ0v) is 8.88. The quantitative estimate of drug-likeness (QED) is 0.744. The first-order valence-corrected chi connectivity index (χ1v) is 5.21. The van der Waals surface area contributed by atoms with E-state index >= 15 is 0 Å². The summed E-state index contributed by atoms with van der Waals surface area (Å²) in [5.74, 6) is 0.749. The van der Waals surface area contributed by atoms with Crippen LogP contribution in [0.3, 0.4) is 0 Å². The minimum absolute atomic E-state index is 0.211. The van der Waals surface area contributed by atoms with E-state index in [1.165, 1.54) is 19.3 Å². The Bertz CT molecular complexity index is 360. The number of nitriles is 2. The number of aromatic amines is 1. The highest BCUT2D eigenvalue weighted by atomic mass is 14.9. The van der Waals surface area contributed by atoms with Gasteiger partial charge < -0.3 is 4.98 Å². The zero-order chi connectivity index (χ0) is 11.1. The molecule has 15 heavy (non-hydrogen) atoms. The summed E-state index contributed by atoms with van der Waals surface area (Å²) in [5.41, 5.74) is 0.492. The summed E-state index contributed by atoms with van der Waals surface area (Å²) in [6.07, 6.45) is 5.45. The third-order valence-corrected chi connectivity index (χ3v) is 2.24. The lowest BCUT2D eigenvalue weighted by Crippen LogP contribution is -1.88. The molecule has 0 aromatic carbocycles. The molecule has 0 fully saturated rings. The van der Waals surface area contributed by atoms with Gasteiger partial charge in [-0.2, -0.15) is 10.5 Å². The van der Waals surface area contributed by atoms with Crippen LogP contribution in [-0.2, 0) is 6.42 Å². The monoisotopic (exact) mass is 202 g/mol. The molecule has 4 nitrogen and oxygen atoms in total. The highest BCUT2D eigenvalue weighted by Crippen LogP contribution is 2.08. The van der Waals surface area contributed by atoms with Crippen LogP contribution in [0.15, 0.2) is 0 Å². The number of aryl methyl sites for hydroxylation is 1. The second-order valence-corrected chi connectivity index (χ2v) is 3.44. The second-order valence-electron chi connectivity index (χ2n) is 3.44. The summed E-state index contributed by atoms with van der Waals surface area (Å²) in [6, 6.07) is 3.83. The van der Waals surface area contributed by atoms with Gasteiger partial charge in [-0.25, -0.2) is 4.98 Å². The summed E-state index contributed by atoms with van der Waals surface area (Å²) in [6.45, 7) is 2.16. The SMILES string of the molecule is CCCCCCc1nc(C#N)c(C#N)[nH]1. The fraction of sp³-hybridized carbons (Fsp3) is 0.545. The molecule has 1 aromatic rings. The van der Waals surface area contributed by atoms with Crippen molar-refractivity contribution in [2.75, 3.05) is 0 Å². The Balaban J connectivity index is 2.53. The number of aromatic nitrogens is 2. The van der Waals surface area contributed by atoms with Crippen LogP contribution >= 0.6 is 0 Å². The summed E-state index contributed by atoms with van der Waals surface area (Å²) in [7, 11) is 0. The predicted molar refractivity (Wildman–Crippen MR) is 55.9 cm³/mol. The van der Waals surface area contributed by atoms with Crippen molar-refractivity contribution in [1.82, 2.24) is 9.97 Å². The first-order valence-electron chi connectivity index (χ1n) is 5.21. The van der Waals surface area contributed by atoms with Gasteiger partial charge >= 0.3 is 0 Å². The largest absolute Gasteiger partial charge is 0.333 e. The number of nitrogens with one attached hydrogen (secondary N) is 1. The fourth-order valence-corrected chi connectivity index (χ4v) is 1.42. The smallest absolute Gasteiger partial charge is 0.176 e. The van der Waals surface area contributed by atoms with Crippen LogP contribution in [0, 0.1) is 22.7 Å². The summed E-state index contributed by atoms with van der Waals surface area (Å²) < 4.78 is 0. The first kappa shape index (κ1) is 11.3. The lowest BCUT2D eigenvalue weighted by molar-refractivity contribution is 0.655. The van der Waals surface area contributed by atoms with E-state index in [0.29, 0.717) is 0 Å². The van der Waals surface area contributed by atoms with Gasteiger partial charge in [0.25, 0.3) is 0 Å². The summed E-state index contributed by atoms with van der Waals surface area (Å²) in [5, 5.41) is 17.4. The van der Waals surface area contributed by atoms with Gasteiger partial charge in [-0.1, -0.05) is 26.2 Å². The molecule has 4 heteroatoms. The standard InChI is InChI=1S/C11H14N4/c1-2-3-4-5-6-11-14-9(7-12)10(8-13)15-11/h2-6H2,1H3,(H,14,15). The number of rotatable bonds is 5. The number of imidazole rings is 1. The molecule has 0 spiro atoms. The second kappa shape index (κ2) is 5.82. The van der Waals surface area contributed by atoms with E-state index < -0.39 is 0 Å². The van der Waals surface area contributed by atoms with Crippen LogP contribution in [0.5, 0.6) is 0 Å². The van der Waals surface area contributed by atoms with Crippen LogP contribution in [0.1, 0.15) is 49.8 Å². The zero-order valence-electron chi connectivity index (χ0n) is 8.88. The van der Waals surface area contributed by atoms with E-state index in [-0.39, 0.29) is 11.4 Å². The molecule has 1 rings (SSSR count). The number of hydrogen-bond donors (Lipinski definition) is 1. The van der Waals surface area contributed by atoms with Crippen LogP contribution in [-0.4, -0.2) is 9.97 Å². The van der Waals surface area contributed by atoms with Crippen molar-refractivity contribution in [3.8, 4) is 12.1 Å². The summed E-state index contributed by atoms with van der Waals surface area (Å²) >= 11 is 0. The van der Waals surface area contributed by atoms with E-state index in [9.17, 15) is 0 Å². The number of H-pyrrole nitrogens is 1. The van der Waals surface area contributed by atoms with Gasteiger partial charge in [0.15, 0.2) is 11.4 Å². The van der Waals surface area contributed by atoms with Crippen molar-refractivity contribution < 1.29 is 0 Å². The molecule has 1 heterocycles. The maximum Gasteiger partial charge on any atom is 0.176 e. The predicted octanol–water partition coefficient (Wildman–Crippen LogP) is 2.28. The maximum absolute atomic E-state index is 8.70. The molecule has 0 unspecified atom stereocenters. The maximum atomic E-state index is 8.70. The topological polar surface area (TPSA) is 76.3 Å². The van der Waals surface area contributed by atoms with E-state index in [4.69, 9.17) is 10.5 Å². The molecule has 0 radical (unpaired) electrons. The third-order valence-electron chi connectivity index (χ3n) is 2.24. The number of nitrogens with zero attached hydrogens (tertiary/aromatic N) is 3. The normalized spacial score (nSPS) is 9.53. The van der Waals surface area contributed by atoms with Crippen LogP contribution in [0.4, 0.5) is 0 Å². The van der Waals surface area contributed by atoms with E-state index in [2.05, 4.69) is 16.9 Å². The molecule has 0 amide bonds. The lowest BCUT2D eigenvalue weighted by Gasteiger charge is -1.95. The Hall–Kier alpha value is -1.81. The number of unbranched alkanes of at least 4 members (excludes halogenated alkanes) is 3. The van der Waals surface area contributed by atoms with Crippen molar-refractivity contribution in [2.45, 2.75) is 39.0 Å². The minimum atomic E-state index is 0.211. The molecule has 0 aliphatic carbocycles. The van der Waals surface area contributed by atoms with Gasteiger partial charge in [-0.3, -0.25) is 0 Å². The van der Waals surface area contributed by atoms with Crippen molar-refractivity contribution >= 4 is 0 Å².